The molecular formula is C36H47NO7. The molecule has 0 heterocycles. The number of benzene rings is 3. The number of carbonyl (C=O) groups is 2. The fourth-order valence-corrected chi connectivity index (χ4v) is 5.58. The zero-order valence-corrected chi connectivity index (χ0v) is 27.1. The summed E-state index contributed by atoms with van der Waals surface area (Å²) in [6, 6.07) is 23.9. The molecule has 0 aromatic heterocycles. The van der Waals surface area contributed by atoms with Crippen LogP contribution in [0.25, 0.3) is 0 Å². The third kappa shape index (κ3) is 8.61. The molecule has 0 radical (unpaired) electrons. The summed E-state index contributed by atoms with van der Waals surface area (Å²) >= 11 is 0. The molecule has 0 saturated heterocycles. The topological polar surface area (TPSA) is 83.5 Å². The molecule has 0 aliphatic rings. The van der Waals surface area contributed by atoms with Crippen molar-refractivity contribution in [1.82, 2.24) is 5.06 Å². The number of para-hydroxylation sites is 2. The number of hydrogen-bond acceptors (Lipinski definition) is 8. The van der Waals surface area contributed by atoms with E-state index in [0.717, 1.165) is 18.4 Å². The molecule has 0 aliphatic heterocycles. The van der Waals surface area contributed by atoms with E-state index in [1.807, 2.05) is 62.2 Å². The molecule has 0 aliphatic carbocycles. The van der Waals surface area contributed by atoms with Gasteiger partial charge in [0.25, 0.3) is 0 Å². The Balaban J connectivity index is 1.99. The molecule has 0 fully saturated rings. The molecule has 8 nitrogen and oxygen atoms in total. The van der Waals surface area contributed by atoms with E-state index in [0.29, 0.717) is 35.5 Å². The summed E-state index contributed by atoms with van der Waals surface area (Å²) in [5.74, 6) is -0.0830. The van der Waals surface area contributed by atoms with Gasteiger partial charge in [-0.2, -0.15) is 5.06 Å². The Morgan fingerprint density at radius 1 is 0.705 bits per heavy atom. The molecule has 238 valence electrons. The molecule has 0 spiro atoms. The number of esters is 2. The van der Waals surface area contributed by atoms with Crippen molar-refractivity contribution in [2.75, 3.05) is 27.4 Å². The van der Waals surface area contributed by atoms with Gasteiger partial charge < -0.3 is 18.9 Å². The molecule has 1 atom stereocenters. The van der Waals surface area contributed by atoms with Crippen LogP contribution in [0.3, 0.4) is 0 Å². The van der Waals surface area contributed by atoms with Crippen molar-refractivity contribution in [3.63, 3.8) is 0 Å². The van der Waals surface area contributed by atoms with Crippen molar-refractivity contribution in [3.05, 3.63) is 95.6 Å². The first-order valence-electron chi connectivity index (χ1n) is 15.2. The molecule has 0 N–H and O–H groups in total. The smallest absolute Gasteiger partial charge is 0.341 e. The summed E-state index contributed by atoms with van der Waals surface area (Å²) in [6.07, 6.45) is 2.63. The van der Waals surface area contributed by atoms with E-state index in [2.05, 4.69) is 13.8 Å². The molecule has 0 amide bonds. The summed E-state index contributed by atoms with van der Waals surface area (Å²) in [5.41, 5.74) is 0.126. The van der Waals surface area contributed by atoms with Crippen LogP contribution in [0.5, 0.6) is 11.5 Å². The van der Waals surface area contributed by atoms with Gasteiger partial charge in [0.1, 0.15) is 41.9 Å². The Bertz CT molecular complexity index is 1340. The number of hydroxylamine groups is 2. The van der Waals surface area contributed by atoms with Gasteiger partial charge in [-0.1, -0.05) is 81.3 Å². The van der Waals surface area contributed by atoms with Crippen molar-refractivity contribution >= 4 is 11.9 Å². The van der Waals surface area contributed by atoms with Gasteiger partial charge in [-0.15, -0.1) is 0 Å². The number of nitrogens with zero attached hydrogens (tertiary/aromatic N) is 1. The number of rotatable bonds is 17. The van der Waals surface area contributed by atoms with Crippen LogP contribution in [-0.2, 0) is 14.3 Å². The summed E-state index contributed by atoms with van der Waals surface area (Å²) in [7, 11) is 3.05. The van der Waals surface area contributed by atoms with Crippen LogP contribution >= 0.6 is 0 Å². The Kier molecular flexibility index (Phi) is 12.8. The second kappa shape index (κ2) is 16.3. The van der Waals surface area contributed by atoms with E-state index in [-0.39, 0.29) is 19.3 Å². The highest BCUT2D eigenvalue weighted by atomic mass is 16.7. The zero-order valence-electron chi connectivity index (χ0n) is 27.1. The average Bonchev–Trinajstić information content (AvgIpc) is 3.05. The Labute approximate surface area is 262 Å². The van der Waals surface area contributed by atoms with Crippen LogP contribution in [-0.4, -0.2) is 55.5 Å². The van der Waals surface area contributed by atoms with E-state index >= 15 is 0 Å². The SMILES string of the molecule is CCCC(CCC)(COC(=O)c1ccccc1OC)N(OC(C)c1ccccc1)C(C)(C)COC(=O)c1ccccc1OC. The Morgan fingerprint density at radius 3 is 1.64 bits per heavy atom. The van der Waals surface area contributed by atoms with Gasteiger partial charge in [-0.05, 0) is 63.4 Å². The molecule has 44 heavy (non-hydrogen) atoms. The minimum Gasteiger partial charge on any atom is -0.496 e. The average molecular weight is 606 g/mol. The third-order valence-electron chi connectivity index (χ3n) is 7.63. The quantitative estimate of drug-likeness (QED) is 0.114. The van der Waals surface area contributed by atoms with Crippen LogP contribution in [0.4, 0.5) is 0 Å². The van der Waals surface area contributed by atoms with Crippen molar-refractivity contribution < 1.29 is 33.4 Å². The fraction of sp³-hybridized carbons (Fsp3) is 0.444. The van der Waals surface area contributed by atoms with Crippen molar-refractivity contribution in [3.8, 4) is 11.5 Å². The van der Waals surface area contributed by atoms with Gasteiger partial charge in [0, 0.05) is 0 Å². The maximum Gasteiger partial charge on any atom is 0.341 e. The summed E-state index contributed by atoms with van der Waals surface area (Å²) in [6.45, 7) is 10.2. The van der Waals surface area contributed by atoms with Gasteiger partial charge in [0.15, 0.2) is 0 Å². The lowest BCUT2D eigenvalue weighted by atomic mass is 9.85. The lowest BCUT2D eigenvalue weighted by Crippen LogP contribution is -2.62. The number of methoxy groups -OCH3 is 2. The molecule has 3 aromatic carbocycles. The first-order valence-corrected chi connectivity index (χ1v) is 15.2. The van der Waals surface area contributed by atoms with Crippen LogP contribution in [0.2, 0.25) is 0 Å². The van der Waals surface area contributed by atoms with Gasteiger partial charge in [0.05, 0.1) is 25.3 Å². The monoisotopic (exact) mass is 605 g/mol. The van der Waals surface area contributed by atoms with Gasteiger partial charge in [-0.3, -0.25) is 4.84 Å². The second-order valence-corrected chi connectivity index (χ2v) is 11.5. The molecule has 3 rings (SSSR count). The minimum atomic E-state index is -0.831. The van der Waals surface area contributed by atoms with E-state index in [4.69, 9.17) is 23.8 Å². The fourth-order valence-electron chi connectivity index (χ4n) is 5.58. The van der Waals surface area contributed by atoms with Crippen LogP contribution in [0.15, 0.2) is 78.9 Å². The van der Waals surface area contributed by atoms with Crippen molar-refractivity contribution in [2.24, 2.45) is 0 Å². The molecule has 0 bridgehead atoms. The summed E-state index contributed by atoms with van der Waals surface area (Å²) < 4.78 is 22.8. The van der Waals surface area contributed by atoms with E-state index in [1.165, 1.54) is 14.2 Å². The largest absolute Gasteiger partial charge is 0.496 e. The van der Waals surface area contributed by atoms with E-state index < -0.39 is 23.0 Å². The third-order valence-corrected chi connectivity index (χ3v) is 7.63. The lowest BCUT2D eigenvalue weighted by molar-refractivity contribution is -0.311. The summed E-state index contributed by atoms with van der Waals surface area (Å²) in [4.78, 5) is 33.5. The molecule has 1 unspecified atom stereocenters. The van der Waals surface area contributed by atoms with Crippen molar-refractivity contribution in [1.29, 1.82) is 0 Å². The molecular weight excluding hydrogens is 558 g/mol. The highest BCUT2D eigenvalue weighted by molar-refractivity contribution is 5.93. The van der Waals surface area contributed by atoms with Crippen molar-refractivity contribution in [2.45, 2.75) is 77.5 Å². The normalized spacial score (nSPS) is 12.5. The van der Waals surface area contributed by atoms with E-state index in [9.17, 15) is 9.59 Å². The van der Waals surface area contributed by atoms with Crippen LogP contribution in [0.1, 0.15) is 92.7 Å². The van der Waals surface area contributed by atoms with Gasteiger partial charge >= 0.3 is 11.9 Å². The predicted molar refractivity (Wildman–Crippen MR) is 171 cm³/mol. The maximum absolute atomic E-state index is 13.4. The first-order chi connectivity index (χ1) is 21.1. The summed E-state index contributed by atoms with van der Waals surface area (Å²) in [5, 5.41) is 1.93. The van der Waals surface area contributed by atoms with Crippen LogP contribution < -0.4 is 9.47 Å². The highest BCUT2D eigenvalue weighted by Gasteiger charge is 2.47. The van der Waals surface area contributed by atoms with Gasteiger partial charge in [0.2, 0.25) is 0 Å². The number of carbonyl (C=O) groups excluding carboxylic acids is 2. The molecule has 8 heteroatoms. The maximum atomic E-state index is 13.4. The molecule has 0 saturated carbocycles. The van der Waals surface area contributed by atoms with Crippen LogP contribution in [0, 0.1) is 0 Å². The lowest BCUT2D eigenvalue weighted by Gasteiger charge is -2.51. The first kappa shape index (κ1) is 34.6. The highest BCUT2D eigenvalue weighted by Crippen LogP contribution is 2.38. The number of hydrogen-bond donors (Lipinski definition) is 0. The van der Waals surface area contributed by atoms with E-state index in [1.54, 1.807) is 42.5 Å². The Hall–Kier alpha value is -3.88. The zero-order chi connectivity index (χ0) is 32.2. The Morgan fingerprint density at radius 2 is 1.16 bits per heavy atom. The second-order valence-electron chi connectivity index (χ2n) is 11.5. The minimum absolute atomic E-state index is 0.0149. The number of ether oxygens (including phenoxy) is 4. The van der Waals surface area contributed by atoms with Gasteiger partial charge in [-0.25, -0.2) is 9.59 Å². The predicted octanol–water partition coefficient (Wildman–Crippen LogP) is 7.83. The molecule has 3 aromatic rings. The standard InChI is InChI=1S/C36H47NO7/c1-8-23-36(24-9-2,26-43-34(39)30-20-14-16-22-32(30)41-7)37(44-27(3)28-17-11-10-12-18-28)35(4,5)25-42-33(38)29-19-13-15-21-31(29)40-6/h10-22,27H,8-9,23-26H2,1-7H3.